The van der Waals surface area contributed by atoms with Crippen molar-refractivity contribution in [2.45, 2.75) is 39.2 Å². The van der Waals surface area contributed by atoms with Crippen molar-refractivity contribution in [3.63, 3.8) is 0 Å². The number of halogens is 2. The fourth-order valence-corrected chi connectivity index (χ4v) is 4.43. The summed E-state index contributed by atoms with van der Waals surface area (Å²) in [5.41, 5.74) is 4.48. The van der Waals surface area contributed by atoms with E-state index in [1.807, 2.05) is 19.9 Å². The largest absolute Gasteiger partial charge is 0.481 e. The van der Waals surface area contributed by atoms with Gasteiger partial charge in [-0.05, 0) is 32.4 Å². The van der Waals surface area contributed by atoms with Crippen LogP contribution in [-0.4, -0.2) is 39.2 Å². The zero-order chi connectivity index (χ0) is 23.2. The van der Waals surface area contributed by atoms with Crippen molar-refractivity contribution in [2.24, 2.45) is 7.05 Å². The van der Waals surface area contributed by atoms with Crippen LogP contribution in [0.25, 0.3) is 11.3 Å². The van der Waals surface area contributed by atoms with Crippen molar-refractivity contribution in [1.82, 2.24) is 19.7 Å². The Balaban J connectivity index is 1.71. The van der Waals surface area contributed by atoms with E-state index in [4.69, 9.17) is 4.74 Å². The molecule has 0 spiro atoms. The summed E-state index contributed by atoms with van der Waals surface area (Å²) in [6.45, 7) is 5.15. The molecular formula is C24H26F2N4O2. The molecule has 32 heavy (non-hydrogen) atoms. The molecular weight excluding hydrogens is 414 g/mol. The Bertz CT molecular complexity index is 1180. The Morgan fingerprint density at radius 1 is 1.28 bits per heavy atom. The van der Waals surface area contributed by atoms with E-state index < -0.39 is 5.92 Å². The first-order chi connectivity index (χ1) is 15.1. The fraction of sp³-hybridized carbons (Fsp3) is 0.375. The Hall–Kier alpha value is -3.29. The van der Waals surface area contributed by atoms with Gasteiger partial charge in [-0.15, -0.1) is 0 Å². The maximum Gasteiger partial charge on any atom is 0.270 e. The molecule has 0 saturated carbocycles. The number of amides is 1. The van der Waals surface area contributed by atoms with Gasteiger partial charge in [0.15, 0.2) is 0 Å². The number of ether oxygens (including phenoxy) is 1. The number of hydrogen-bond acceptors (Lipinski definition) is 4. The minimum absolute atomic E-state index is 0.0345. The molecule has 0 unspecified atom stereocenters. The minimum atomic E-state index is -2.92. The number of hydrogen-bond donors (Lipinski definition) is 0. The molecule has 1 aromatic carbocycles. The van der Waals surface area contributed by atoms with E-state index in [2.05, 4.69) is 10.1 Å². The van der Waals surface area contributed by atoms with Crippen molar-refractivity contribution in [3.05, 3.63) is 64.5 Å². The van der Waals surface area contributed by atoms with E-state index >= 15 is 0 Å². The van der Waals surface area contributed by atoms with Gasteiger partial charge in [0, 0.05) is 54.5 Å². The van der Waals surface area contributed by atoms with E-state index in [0.29, 0.717) is 35.5 Å². The van der Waals surface area contributed by atoms with Gasteiger partial charge in [-0.25, -0.2) is 13.8 Å². The van der Waals surface area contributed by atoms with Gasteiger partial charge >= 0.3 is 0 Å². The first-order valence-corrected chi connectivity index (χ1v) is 10.5. The maximum atomic E-state index is 13.9. The summed E-state index contributed by atoms with van der Waals surface area (Å²) in [6, 6.07) is 7.85. The number of aromatic nitrogens is 3. The molecule has 3 heterocycles. The number of carbonyl (C=O) groups excluding carboxylic acids is 1. The maximum absolute atomic E-state index is 13.9. The van der Waals surface area contributed by atoms with Crippen LogP contribution < -0.4 is 4.74 Å². The highest BCUT2D eigenvalue weighted by Crippen LogP contribution is 2.38. The summed E-state index contributed by atoms with van der Waals surface area (Å²) in [7, 11) is 3.33. The van der Waals surface area contributed by atoms with Gasteiger partial charge in [0.1, 0.15) is 0 Å². The number of nitrogens with zero attached hydrogens (tertiary/aromatic N) is 4. The molecule has 1 amide bonds. The summed E-state index contributed by atoms with van der Waals surface area (Å²) >= 11 is 0. The Kier molecular flexibility index (Phi) is 5.48. The molecule has 2 aromatic heterocycles. The van der Waals surface area contributed by atoms with E-state index in [-0.39, 0.29) is 17.5 Å². The lowest BCUT2D eigenvalue weighted by atomic mass is 9.94. The Morgan fingerprint density at radius 3 is 2.72 bits per heavy atom. The number of rotatable bonds is 4. The second-order valence-electron chi connectivity index (χ2n) is 8.22. The third-order valence-corrected chi connectivity index (χ3v) is 6.13. The van der Waals surface area contributed by atoms with Gasteiger partial charge in [-0.1, -0.05) is 18.2 Å². The van der Waals surface area contributed by atoms with Gasteiger partial charge in [-0.3, -0.25) is 9.48 Å². The van der Waals surface area contributed by atoms with Crippen LogP contribution in [-0.2, 0) is 19.4 Å². The van der Waals surface area contributed by atoms with Gasteiger partial charge in [0.25, 0.3) is 11.8 Å². The Morgan fingerprint density at radius 2 is 2.03 bits per heavy atom. The quantitative estimate of drug-likeness (QED) is 0.592. The second kappa shape index (κ2) is 8.00. The molecule has 0 aliphatic carbocycles. The minimum Gasteiger partial charge on any atom is -0.481 e. The lowest BCUT2D eigenvalue weighted by molar-refractivity contribution is 0.0175. The van der Waals surface area contributed by atoms with Crippen molar-refractivity contribution >= 4 is 5.91 Å². The monoisotopic (exact) mass is 440 g/mol. The molecule has 1 aliphatic rings. The molecule has 1 atom stereocenters. The summed E-state index contributed by atoms with van der Waals surface area (Å²) in [5, 5.41) is 4.68. The second-order valence-corrected chi connectivity index (χ2v) is 8.22. The summed E-state index contributed by atoms with van der Waals surface area (Å²) in [4.78, 5) is 19.3. The third kappa shape index (κ3) is 3.63. The lowest BCUT2D eigenvalue weighted by Crippen LogP contribution is -2.39. The molecule has 1 aliphatic heterocycles. The highest BCUT2D eigenvalue weighted by Gasteiger charge is 2.34. The van der Waals surface area contributed by atoms with E-state index in [1.165, 1.54) is 19.2 Å². The SMILES string of the molecule is COc1nccc(C(=O)N2CCc3c(nn(C)c3-c3cccc(C(C)(F)F)c3)[C@@H]2C)c1C. The van der Waals surface area contributed by atoms with Crippen molar-refractivity contribution in [3.8, 4) is 17.1 Å². The molecule has 0 bridgehead atoms. The number of methoxy groups -OCH3 is 1. The molecule has 8 heteroatoms. The third-order valence-electron chi connectivity index (χ3n) is 6.13. The fourth-order valence-electron chi connectivity index (χ4n) is 4.43. The van der Waals surface area contributed by atoms with Gasteiger partial charge in [0.05, 0.1) is 24.5 Å². The Labute approximate surface area is 185 Å². The van der Waals surface area contributed by atoms with Crippen LogP contribution in [0.4, 0.5) is 8.78 Å². The van der Waals surface area contributed by atoms with Gasteiger partial charge in [-0.2, -0.15) is 5.10 Å². The van der Waals surface area contributed by atoms with Gasteiger partial charge < -0.3 is 9.64 Å². The average Bonchev–Trinajstić information content (AvgIpc) is 3.10. The smallest absolute Gasteiger partial charge is 0.270 e. The molecule has 3 aromatic rings. The van der Waals surface area contributed by atoms with Crippen LogP contribution >= 0.6 is 0 Å². The van der Waals surface area contributed by atoms with Crippen LogP contribution in [0.3, 0.4) is 0 Å². The van der Waals surface area contributed by atoms with Gasteiger partial charge in [0.2, 0.25) is 5.88 Å². The zero-order valence-corrected chi connectivity index (χ0v) is 18.8. The molecule has 0 fully saturated rings. The molecule has 168 valence electrons. The van der Waals surface area contributed by atoms with Crippen molar-refractivity contribution in [2.75, 3.05) is 13.7 Å². The topological polar surface area (TPSA) is 60.2 Å². The molecule has 0 radical (unpaired) electrons. The van der Waals surface area contributed by atoms with Crippen LogP contribution in [0.15, 0.2) is 36.5 Å². The summed E-state index contributed by atoms with van der Waals surface area (Å²) in [6.07, 6.45) is 2.15. The normalized spacial score (nSPS) is 16.1. The number of alkyl halides is 2. The van der Waals surface area contributed by atoms with E-state index in [1.54, 1.807) is 35.0 Å². The van der Waals surface area contributed by atoms with Crippen molar-refractivity contribution in [1.29, 1.82) is 0 Å². The van der Waals surface area contributed by atoms with Crippen LogP contribution in [0, 0.1) is 6.92 Å². The molecule has 0 saturated heterocycles. The van der Waals surface area contributed by atoms with Crippen LogP contribution in [0.5, 0.6) is 5.88 Å². The highest BCUT2D eigenvalue weighted by molar-refractivity contribution is 5.96. The lowest BCUT2D eigenvalue weighted by Gasteiger charge is -2.33. The van der Waals surface area contributed by atoms with Crippen LogP contribution in [0.2, 0.25) is 0 Å². The number of carbonyl (C=O) groups is 1. The predicted octanol–water partition coefficient (Wildman–Crippen LogP) is 4.67. The number of benzene rings is 1. The average molecular weight is 440 g/mol. The van der Waals surface area contributed by atoms with Crippen LogP contribution in [0.1, 0.15) is 52.6 Å². The number of fused-ring (bicyclic) bond motifs is 1. The molecule has 0 N–H and O–H groups in total. The summed E-state index contributed by atoms with van der Waals surface area (Å²) < 4.78 is 34.8. The van der Waals surface area contributed by atoms with E-state index in [9.17, 15) is 13.6 Å². The highest BCUT2D eigenvalue weighted by atomic mass is 19.3. The number of aryl methyl sites for hydroxylation is 1. The summed E-state index contributed by atoms with van der Waals surface area (Å²) in [5.74, 6) is -2.61. The zero-order valence-electron chi connectivity index (χ0n) is 18.8. The van der Waals surface area contributed by atoms with Crippen molar-refractivity contribution < 1.29 is 18.3 Å². The standard InChI is InChI=1S/C24H26F2N4O2/c1-14-18(9-11-27-22(14)32-5)23(31)30-12-10-19-20(15(30)2)28-29(4)21(19)16-7-6-8-17(13-16)24(3,25)26/h6-9,11,13,15H,10,12H2,1-5H3/t15-/m0/s1. The first-order valence-electron chi connectivity index (χ1n) is 10.5. The number of pyridine rings is 1. The van der Waals surface area contributed by atoms with E-state index in [0.717, 1.165) is 23.9 Å². The molecule has 6 nitrogen and oxygen atoms in total. The predicted molar refractivity (Wildman–Crippen MR) is 117 cm³/mol. The molecule has 4 rings (SSSR count). The first kappa shape index (κ1) is 21.9.